The number of rotatable bonds is 8. The summed E-state index contributed by atoms with van der Waals surface area (Å²) in [5.41, 5.74) is 6.78. The average Bonchev–Trinajstić information content (AvgIpc) is 2.89. The molecule has 0 aromatic heterocycles. The summed E-state index contributed by atoms with van der Waals surface area (Å²) >= 11 is 0. The molecule has 0 bridgehead atoms. The Hall–Kier alpha value is -1.26. The molecule has 1 atom stereocenters. The molecule has 0 saturated heterocycles. The van der Waals surface area contributed by atoms with Gasteiger partial charge in [0, 0.05) is 6.04 Å². The van der Waals surface area contributed by atoms with Crippen LogP contribution >= 0.6 is 0 Å². The summed E-state index contributed by atoms with van der Waals surface area (Å²) in [6.07, 6.45) is 4.44. The number of nitrogens with two attached hydrogens (primary N) is 1. The molecular weight excluding hydrogens is 240 g/mol. The summed E-state index contributed by atoms with van der Waals surface area (Å²) in [5, 5.41) is 3.53. The molecule has 2 rings (SSSR count). The molecule has 4 nitrogen and oxygen atoms in total. The Labute approximate surface area is 115 Å². The zero-order chi connectivity index (χ0) is 13.5. The molecule has 1 aliphatic rings. The van der Waals surface area contributed by atoms with Gasteiger partial charge in [-0.2, -0.15) is 0 Å². The van der Waals surface area contributed by atoms with Gasteiger partial charge in [-0.25, -0.2) is 0 Å². The maximum Gasteiger partial charge on any atom is 0.231 e. The van der Waals surface area contributed by atoms with Crippen LogP contribution in [0.15, 0.2) is 18.2 Å². The van der Waals surface area contributed by atoms with E-state index in [2.05, 4.69) is 24.4 Å². The average molecular weight is 264 g/mol. The predicted octanol–water partition coefficient (Wildman–Crippen LogP) is 2.06. The van der Waals surface area contributed by atoms with Crippen molar-refractivity contribution in [3.05, 3.63) is 23.8 Å². The molecule has 0 spiro atoms. The number of hydrogen-bond donors (Lipinski definition) is 2. The van der Waals surface area contributed by atoms with Gasteiger partial charge in [-0.15, -0.1) is 0 Å². The summed E-state index contributed by atoms with van der Waals surface area (Å²) < 4.78 is 10.7. The Balaban J connectivity index is 1.70. The highest BCUT2D eigenvalue weighted by Crippen LogP contribution is 2.32. The van der Waals surface area contributed by atoms with Crippen molar-refractivity contribution in [2.24, 2.45) is 5.73 Å². The number of unbranched alkanes of at least 4 members (excludes halogenated alkanes) is 1. The number of nitrogens with one attached hydrogen (secondary N) is 1. The van der Waals surface area contributed by atoms with E-state index in [9.17, 15) is 0 Å². The second-order valence-corrected chi connectivity index (χ2v) is 5.08. The lowest BCUT2D eigenvalue weighted by Gasteiger charge is -2.13. The van der Waals surface area contributed by atoms with E-state index < -0.39 is 0 Å². The molecule has 1 aliphatic heterocycles. The van der Waals surface area contributed by atoms with Crippen molar-refractivity contribution < 1.29 is 9.47 Å². The van der Waals surface area contributed by atoms with Crippen LogP contribution in [0.2, 0.25) is 0 Å². The van der Waals surface area contributed by atoms with E-state index in [-0.39, 0.29) is 0 Å². The Morgan fingerprint density at radius 1 is 1.26 bits per heavy atom. The first-order chi connectivity index (χ1) is 9.29. The largest absolute Gasteiger partial charge is 0.454 e. The van der Waals surface area contributed by atoms with E-state index in [1.165, 1.54) is 5.56 Å². The van der Waals surface area contributed by atoms with E-state index in [0.29, 0.717) is 12.8 Å². The molecule has 0 aliphatic carbocycles. The molecule has 0 amide bonds. The van der Waals surface area contributed by atoms with Gasteiger partial charge in [-0.1, -0.05) is 6.07 Å². The monoisotopic (exact) mass is 264 g/mol. The summed E-state index contributed by atoms with van der Waals surface area (Å²) in [6.45, 7) is 4.42. The molecule has 3 N–H and O–H groups in total. The van der Waals surface area contributed by atoms with Crippen LogP contribution in [0.25, 0.3) is 0 Å². The maximum atomic E-state index is 5.47. The molecule has 0 fully saturated rings. The predicted molar refractivity (Wildman–Crippen MR) is 76.6 cm³/mol. The highest BCUT2D eigenvalue weighted by atomic mass is 16.7. The van der Waals surface area contributed by atoms with Crippen molar-refractivity contribution >= 4 is 0 Å². The molecule has 1 aromatic rings. The van der Waals surface area contributed by atoms with Crippen molar-refractivity contribution in [2.45, 2.75) is 38.6 Å². The van der Waals surface area contributed by atoms with E-state index in [1.54, 1.807) is 0 Å². The number of ether oxygens (including phenoxy) is 2. The lowest BCUT2D eigenvalue weighted by molar-refractivity contribution is 0.174. The van der Waals surface area contributed by atoms with Crippen LogP contribution in [0.5, 0.6) is 11.5 Å². The van der Waals surface area contributed by atoms with Gasteiger partial charge < -0.3 is 20.5 Å². The smallest absolute Gasteiger partial charge is 0.231 e. The molecule has 4 heteroatoms. The minimum absolute atomic E-state index is 0.345. The fourth-order valence-electron chi connectivity index (χ4n) is 2.20. The molecular formula is C15H24N2O2. The fourth-order valence-corrected chi connectivity index (χ4v) is 2.20. The van der Waals surface area contributed by atoms with Gasteiger partial charge in [-0.05, 0) is 63.4 Å². The third kappa shape index (κ3) is 4.40. The van der Waals surface area contributed by atoms with Crippen LogP contribution in [-0.2, 0) is 6.42 Å². The standard InChI is InChI=1S/C15H24N2O2/c1-12(17-9-3-2-8-16)4-5-13-6-7-14-15(10-13)19-11-18-14/h6-7,10,12,17H,2-5,8-9,11,16H2,1H3. The lowest BCUT2D eigenvalue weighted by atomic mass is 10.1. The van der Waals surface area contributed by atoms with Gasteiger partial charge in [0.25, 0.3) is 0 Å². The lowest BCUT2D eigenvalue weighted by Crippen LogP contribution is -2.27. The second kappa shape index (κ2) is 7.36. The summed E-state index contributed by atoms with van der Waals surface area (Å²) in [5.74, 6) is 1.73. The quantitative estimate of drug-likeness (QED) is 0.706. The third-order valence-electron chi connectivity index (χ3n) is 3.43. The summed E-state index contributed by atoms with van der Waals surface area (Å²) in [4.78, 5) is 0. The number of benzene rings is 1. The minimum atomic E-state index is 0.345. The molecule has 0 saturated carbocycles. The van der Waals surface area contributed by atoms with Gasteiger partial charge in [0.1, 0.15) is 0 Å². The Morgan fingerprint density at radius 3 is 2.95 bits per heavy atom. The number of hydrogen-bond acceptors (Lipinski definition) is 4. The fraction of sp³-hybridized carbons (Fsp3) is 0.600. The van der Waals surface area contributed by atoms with Crippen LogP contribution in [0, 0.1) is 0 Å². The molecule has 0 radical (unpaired) electrons. The maximum absolute atomic E-state index is 5.47. The molecule has 1 aromatic carbocycles. The normalized spacial score (nSPS) is 14.6. The first kappa shape index (κ1) is 14.2. The van der Waals surface area contributed by atoms with E-state index in [1.807, 2.05) is 6.07 Å². The zero-order valence-corrected chi connectivity index (χ0v) is 11.7. The van der Waals surface area contributed by atoms with Crippen LogP contribution in [0.1, 0.15) is 31.7 Å². The van der Waals surface area contributed by atoms with Crippen LogP contribution in [-0.4, -0.2) is 25.9 Å². The summed E-state index contributed by atoms with van der Waals surface area (Å²) in [7, 11) is 0. The van der Waals surface area contributed by atoms with E-state index in [0.717, 1.165) is 50.3 Å². The first-order valence-corrected chi connectivity index (χ1v) is 7.11. The molecule has 19 heavy (non-hydrogen) atoms. The highest BCUT2D eigenvalue weighted by Gasteiger charge is 2.13. The van der Waals surface area contributed by atoms with E-state index in [4.69, 9.17) is 15.2 Å². The zero-order valence-electron chi connectivity index (χ0n) is 11.7. The van der Waals surface area contributed by atoms with Crippen molar-refractivity contribution in [1.29, 1.82) is 0 Å². The van der Waals surface area contributed by atoms with Gasteiger partial charge in [0.2, 0.25) is 6.79 Å². The SMILES string of the molecule is CC(CCc1ccc2c(c1)OCO2)NCCCCN. The summed E-state index contributed by atoms with van der Waals surface area (Å²) in [6, 6.07) is 6.73. The van der Waals surface area contributed by atoms with Crippen molar-refractivity contribution in [3.63, 3.8) is 0 Å². The number of aryl methyl sites for hydroxylation is 1. The van der Waals surface area contributed by atoms with Crippen LogP contribution in [0.3, 0.4) is 0 Å². The highest BCUT2D eigenvalue weighted by molar-refractivity contribution is 5.44. The van der Waals surface area contributed by atoms with Gasteiger partial charge in [0.05, 0.1) is 0 Å². The Kier molecular flexibility index (Phi) is 5.48. The van der Waals surface area contributed by atoms with Crippen LogP contribution < -0.4 is 20.5 Å². The Morgan fingerprint density at radius 2 is 2.11 bits per heavy atom. The van der Waals surface area contributed by atoms with Crippen molar-refractivity contribution in [3.8, 4) is 11.5 Å². The first-order valence-electron chi connectivity index (χ1n) is 7.11. The topological polar surface area (TPSA) is 56.5 Å². The second-order valence-electron chi connectivity index (χ2n) is 5.08. The minimum Gasteiger partial charge on any atom is -0.454 e. The van der Waals surface area contributed by atoms with Gasteiger partial charge in [0.15, 0.2) is 11.5 Å². The molecule has 1 heterocycles. The Bertz CT molecular complexity index is 396. The van der Waals surface area contributed by atoms with Crippen molar-refractivity contribution in [1.82, 2.24) is 5.32 Å². The van der Waals surface area contributed by atoms with Gasteiger partial charge >= 0.3 is 0 Å². The van der Waals surface area contributed by atoms with E-state index >= 15 is 0 Å². The van der Waals surface area contributed by atoms with Gasteiger partial charge in [-0.3, -0.25) is 0 Å². The van der Waals surface area contributed by atoms with Crippen molar-refractivity contribution in [2.75, 3.05) is 19.9 Å². The molecule has 106 valence electrons. The van der Waals surface area contributed by atoms with Crippen LogP contribution in [0.4, 0.5) is 0 Å². The molecule has 1 unspecified atom stereocenters. The third-order valence-corrected chi connectivity index (χ3v) is 3.43. The number of fused-ring (bicyclic) bond motifs is 1.